The van der Waals surface area contributed by atoms with Gasteiger partial charge in [-0.3, -0.25) is 24.7 Å². The average molecular weight is 303 g/mol. The minimum Gasteiger partial charge on any atom is -0.328 e. The van der Waals surface area contributed by atoms with E-state index < -0.39 is 11.9 Å². The van der Waals surface area contributed by atoms with Crippen LogP contribution in [0.3, 0.4) is 0 Å². The molecule has 2 rings (SSSR count). The van der Waals surface area contributed by atoms with Gasteiger partial charge in [-0.2, -0.15) is 0 Å². The lowest BCUT2D eigenvalue weighted by Crippen LogP contribution is -2.53. The maximum atomic E-state index is 12.4. The molecule has 1 aliphatic rings. The number of amides is 3. The summed E-state index contributed by atoms with van der Waals surface area (Å²) in [5.74, 6) is -1.05. The number of hydrogen-bond acceptors (Lipinski definition) is 4. The van der Waals surface area contributed by atoms with Crippen LogP contribution in [-0.2, 0) is 15.0 Å². The van der Waals surface area contributed by atoms with Crippen molar-refractivity contribution in [2.45, 2.75) is 45.1 Å². The molecule has 6 nitrogen and oxygen atoms in total. The first kappa shape index (κ1) is 16.1. The molecule has 0 bridgehead atoms. The highest BCUT2D eigenvalue weighted by molar-refractivity contribution is 6.03. The predicted molar refractivity (Wildman–Crippen MR) is 81.2 cm³/mol. The molecule has 1 unspecified atom stereocenters. The van der Waals surface area contributed by atoms with Gasteiger partial charge in [-0.1, -0.05) is 26.8 Å². The largest absolute Gasteiger partial charge is 0.328 e. The number of aromatic nitrogens is 1. The molecule has 1 aromatic rings. The van der Waals surface area contributed by atoms with Crippen LogP contribution in [0.15, 0.2) is 18.3 Å². The third-order valence-corrected chi connectivity index (χ3v) is 3.85. The molecule has 3 amide bonds. The predicted octanol–water partition coefficient (Wildman–Crippen LogP) is 1.26. The second-order valence-corrected chi connectivity index (χ2v) is 6.57. The number of pyridine rings is 1. The Morgan fingerprint density at radius 3 is 2.50 bits per heavy atom. The van der Waals surface area contributed by atoms with Gasteiger partial charge < -0.3 is 4.90 Å². The second-order valence-electron chi connectivity index (χ2n) is 6.57. The van der Waals surface area contributed by atoms with E-state index in [4.69, 9.17) is 0 Å². The zero-order valence-electron chi connectivity index (χ0n) is 13.3. The number of hydrogen-bond donors (Lipinski definition) is 1. The molecule has 2 heterocycles. The summed E-state index contributed by atoms with van der Waals surface area (Å²) in [6, 6.07) is 2.92. The number of nitrogens with zero attached hydrogens (tertiary/aromatic N) is 2. The Morgan fingerprint density at radius 1 is 1.32 bits per heavy atom. The van der Waals surface area contributed by atoms with Crippen molar-refractivity contribution in [3.63, 3.8) is 0 Å². The molecular formula is C16H21N3O3. The number of nitrogens with one attached hydrogen (secondary N) is 1. The van der Waals surface area contributed by atoms with Crippen LogP contribution in [0.5, 0.6) is 0 Å². The number of carbonyl (C=O) groups is 3. The van der Waals surface area contributed by atoms with Crippen LogP contribution in [0.1, 0.15) is 49.7 Å². The van der Waals surface area contributed by atoms with Gasteiger partial charge in [0, 0.05) is 19.7 Å². The fourth-order valence-corrected chi connectivity index (χ4v) is 2.34. The number of piperidine rings is 1. The van der Waals surface area contributed by atoms with Gasteiger partial charge in [-0.05, 0) is 23.5 Å². The van der Waals surface area contributed by atoms with Gasteiger partial charge in [0.1, 0.15) is 11.7 Å². The van der Waals surface area contributed by atoms with E-state index in [9.17, 15) is 14.4 Å². The summed E-state index contributed by atoms with van der Waals surface area (Å²) in [6.45, 7) is 6.21. The fraction of sp³-hybridized carbons (Fsp3) is 0.500. The third kappa shape index (κ3) is 3.32. The molecule has 0 spiro atoms. The standard InChI is InChI=1S/C16H21N3O3/c1-16(2,3)10-5-6-11(17-9-10)15(22)19(4)12-7-8-13(20)18-14(12)21/h5-6,9,12H,7-8H2,1-4H3,(H,18,20,21). The number of carbonyl (C=O) groups excluding carboxylic acids is 3. The van der Waals surface area contributed by atoms with Gasteiger partial charge in [0.05, 0.1) is 0 Å². The number of imide groups is 1. The van der Waals surface area contributed by atoms with Crippen molar-refractivity contribution in [1.29, 1.82) is 0 Å². The van der Waals surface area contributed by atoms with Crippen LogP contribution in [0.2, 0.25) is 0 Å². The molecule has 0 radical (unpaired) electrons. The summed E-state index contributed by atoms with van der Waals surface area (Å²) in [7, 11) is 1.56. The Kier molecular flexibility index (Phi) is 4.30. The van der Waals surface area contributed by atoms with Crippen LogP contribution < -0.4 is 5.32 Å². The first-order chi connectivity index (χ1) is 10.2. The van der Waals surface area contributed by atoms with E-state index in [0.717, 1.165) is 5.56 Å². The zero-order valence-corrected chi connectivity index (χ0v) is 13.3. The molecule has 0 saturated carbocycles. The van der Waals surface area contributed by atoms with Gasteiger partial charge in [0.15, 0.2) is 0 Å². The molecule has 118 valence electrons. The summed E-state index contributed by atoms with van der Waals surface area (Å²) in [5, 5.41) is 2.25. The maximum absolute atomic E-state index is 12.4. The molecule has 1 N–H and O–H groups in total. The molecular weight excluding hydrogens is 282 g/mol. The highest BCUT2D eigenvalue weighted by Gasteiger charge is 2.33. The van der Waals surface area contributed by atoms with Gasteiger partial charge in [-0.15, -0.1) is 0 Å². The fourth-order valence-electron chi connectivity index (χ4n) is 2.34. The SMILES string of the molecule is CN(C(=O)c1ccc(C(C)(C)C)cn1)C1CCC(=O)NC1=O. The summed E-state index contributed by atoms with van der Waals surface area (Å²) in [6.07, 6.45) is 2.27. The minimum atomic E-state index is -0.630. The van der Waals surface area contributed by atoms with E-state index in [1.165, 1.54) is 4.90 Å². The Hall–Kier alpha value is -2.24. The van der Waals surface area contributed by atoms with E-state index >= 15 is 0 Å². The van der Waals surface area contributed by atoms with E-state index in [0.29, 0.717) is 12.1 Å². The molecule has 1 fully saturated rings. The van der Waals surface area contributed by atoms with Crippen molar-refractivity contribution in [3.8, 4) is 0 Å². The Bertz CT molecular complexity index is 602. The van der Waals surface area contributed by atoms with Crippen molar-refractivity contribution in [2.24, 2.45) is 0 Å². The number of likely N-dealkylation sites (N-methyl/N-ethyl adjacent to an activating group) is 1. The quantitative estimate of drug-likeness (QED) is 0.834. The third-order valence-electron chi connectivity index (χ3n) is 3.85. The smallest absolute Gasteiger partial charge is 0.272 e. The molecule has 1 atom stereocenters. The van der Waals surface area contributed by atoms with Gasteiger partial charge in [0.25, 0.3) is 5.91 Å². The van der Waals surface area contributed by atoms with Crippen molar-refractivity contribution >= 4 is 17.7 Å². The highest BCUT2D eigenvalue weighted by Crippen LogP contribution is 2.21. The first-order valence-electron chi connectivity index (χ1n) is 7.27. The summed E-state index contributed by atoms with van der Waals surface area (Å²) in [4.78, 5) is 41.0. The topological polar surface area (TPSA) is 79.4 Å². The van der Waals surface area contributed by atoms with Gasteiger partial charge in [0.2, 0.25) is 11.8 Å². The molecule has 1 aromatic heterocycles. The lowest BCUT2D eigenvalue weighted by Gasteiger charge is -2.29. The summed E-state index contributed by atoms with van der Waals surface area (Å²) >= 11 is 0. The number of rotatable bonds is 2. The molecule has 1 saturated heterocycles. The van der Waals surface area contributed by atoms with Crippen LogP contribution in [0.4, 0.5) is 0 Å². The minimum absolute atomic E-state index is 0.0376. The highest BCUT2D eigenvalue weighted by atomic mass is 16.2. The van der Waals surface area contributed by atoms with Crippen molar-refractivity contribution in [1.82, 2.24) is 15.2 Å². The average Bonchev–Trinajstić information content (AvgIpc) is 2.45. The molecule has 6 heteroatoms. The lowest BCUT2D eigenvalue weighted by atomic mass is 9.88. The maximum Gasteiger partial charge on any atom is 0.272 e. The Balaban J connectivity index is 2.14. The second kappa shape index (κ2) is 5.87. The van der Waals surface area contributed by atoms with Crippen molar-refractivity contribution in [2.75, 3.05) is 7.05 Å². The molecule has 22 heavy (non-hydrogen) atoms. The Morgan fingerprint density at radius 2 is 2.00 bits per heavy atom. The lowest BCUT2D eigenvalue weighted by molar-refractivity contribution is -0.136. The van der Waals surface area contributed by atoms with Crippen LogP contribution in [0.25, 0.3) is 0 Å². The molecule has 0 aliphatic carbocycles. The first-order valence-corrected chi connectivity index (χ1v) is 7.27. The Labute approximate surface area is 129 Å². The van der Waals surface area contributed by atoms with E-state index in [1.807, 2.05) is 6.07 Å². The normalized spacial score (nSPS) is 18.8. The monoisotopic (exact) mass is 303 g/mol. The molecule has 0 aromatic carbocycles. The van der Waals surface area contributed by atoms with Crippen molar-refractivity contribution in [3.05, 3.63) is 29.6 Å². The van der Waals surface area contributed by atoms with E-state index in [2.05, 4.69) is 31.1 Å². The van der Waals surface area contributed by atoms with E-state index in [-0.39, 0.29) is 23.7 Å². The van der Waals surface area contributed by atoms with Crippen LogP contribution in [-0.4, -0.2) is 40.7 Å². The zero-order chi connectivity index (χ0) is 16.5. The van der Waals surface area contributed by atoms with Crippen molar-refractivity contribution < 1.29 is 14.4 Å². The molecule has 1 aliphatic heterocycles. The van der Waals surface area contributed by atoms with Crippen LogP contribution >= 0.6 is 0 Å². The van der Waals surface area contributed by atoms with E-state index in [1.54, 1.807) is 19.3 Å². The summed E-state index contributed by atoms with van der Waals surface area (Å²) in [5.41, 5.74) is 1.29. The van der Waals surface area contributed by atoms with Gasteiger partial charge in [-0.25, -0.2) is 0 Å². The van der Waals surface area contributed by atoms with Gasteiger partial charge >= 0.3 is 0 Å². The van der Waals surface area contributed by atoms with Crippen LogP contribution in [0, 0.1) is 0 Å². The summed E-state index contributed by atoms with van der Waals surface area (Å²) < 4.78 is 0.